The van der Waals surface area contributed by atoms with Crippen molar-refractivity contribution < 1.29 is 14.5 Å². The van der Waals surface area contributed by atoms with Gasteiger partial charge in [0.2, 0.25) is 5.75 Å². The van der Waals surface area contributed by atoms with Crippen molar-refractivity contribution in [3.05, 3.63) is 56.7 Å². The van der Waals surface area contributed by atoms with Crippen LogP contribution >= 0.6 is 11.6 Å². The maximum absolute atomic E-state index is 12.3. The Morgan fingerprint density at radius 1 is 1.33 bits per heavy atom. The van der Waals surface area contributed by atoms with Crippen LogP contribution < -0.4 is 10.1 Å². The van der Waals surface area contributed by atoms with Crippen molar-refractivity contribution in [3.63, 3.8) is 0 Å². The van der Waals surface area contributed by atoms with Gasteiger partial charge < -0.3 is 20.2 Å². The Hall–Kier alpha value is -2.67. The lowest BCUT2D eigenvalue weighted by atomic mass is 10.2. The second-order valence-electron chi connectivity index (χ2n) is 5.19. The predicted molar refractivity (Wildman–Crippen MR) is 90.5 cm³/mol. The van der Waals surface area contributed by atoms with E-state index in [0.29, 0.717) is 16.4 Å². The summed E-state index contributed by atoms with van der Waals surface area (Å²) in [6.07, 6.45) is -0.952. The third-order valence-electron chi connectivity index (χ3n) is 3.35. The molecule has 1 aromatic carbocycles. The fraction of sp³-hybridized carbons (Fsp3) is 0.250. The summed E-state index contributed by atoms with van der Waals surface area (Å²) in [4.78, 5) is 26.5. The van der Waals surface area contributed by atoms with E-state index in [9.17, 15) is 14.9 Å². The van der Waals surface area contributed by atoms with Gasteiger partial charge in [0.25, 0.3) is 5.91 Å². The Balaban J connectivity index is 2.15. The van der Waals surface area contributed by atoms with Crippen molar-refractivity contribution in [2.24, 2.45) is 0 Å². The molecular formula is C16H16ClN3O4. The largest absolute Gasteiger partial charge is 0.473 e. The highest BCUT2D eigenvalue weighted by molar-refractivity contribution is 6.31. The minimum atomic E-state index is -0.952. The normalized spacial score (nSPS) is 11.7. The number of halogens is 1. The van der Waals surface area contributed by atoms with E-state index in [1.807, 2.05) is 0 Å². The van der Waals surface area contributed by atoms with Gasteiger partial charge >= 0.3 is 5.82 Å². The minimum absolute atomic E-state index is 0.0592. The van der Waals surface area contributed by atoms with Crippen molar-refractivity contribution in [1.29, 1.82) is 0 Å². The van der Waals surface area contributed by atoms with Gasteiger partial charge in [-0.15, -0.1) is 0 Å². The number of hydrogen-bond acceptors (Lipinski definition) is 5. The number of aryl methyl sites for hydroxylation is 1. The Morgan fingerprint density at radius 3 is 2.71 bits per heavy atom. The lowest BCUT2D eigenvalue weighted by Gasteiger charge is -2.16. The molecule has 0 aliphatic rings. The second-order valence-corrected chi connectivity index (χ2v) is 5.60. The van der Waals surface area contributed by atoms with Gasteiger partial charge in [-0.3, -0.25) is 4.79 Å². The summed E-state index contributed by atoms with van der Waals surface area (Å²) in [5.74, 6) is -0.931. The van der Waals surface area contributed by atoms with Crippen LogP contribution in [0.3, 0.4) is 0 Å². The molecule has 0 aliphatic heterocycles. The fourth-order valence-electron chi connectivity index (χ4n) is 1.97. The lowest BCUT2D eigenvalue weighted by Crippen LogP contribution is -2.30. The van der Waals surface area contributed by atoms with E-state index in [1.165, 1.54) is 13.0 Å². The quantitative estimate of drug-likeness (QED) is 0.656. The summed E-state index contributed by atoms with van der Waals surface area (Å²) in [6.45, 7) is 4.91. The number of anilines is 1. The SMILES string of the molecule is Cc1ccc(O[C@H](C)C(=O)Nc2cccc(Cl)c2C)c([N+](=O)[O-])n1. The Morgan fingerprint density at radius 2 is 2.04 bits per heavy atom. The number of rotatable bonds is 5. The van der Waals surface area contributed by atoms with Crippen molar-refractivity contribution in [2.45, 2.75) is 26.9 Å². The van der Waals surface area contributed by atoms with Crippen LogP contribution in [0.2, 0.25) is 5.02 Å². The molecule has 1 atom stereocenters. The van der Waals surface area contributed by atoms with Crippen molar-refractivity contribution in [2.75, 3.05) is 5.32 Å². The average Bonchev–Trinajstić information content (AvgIpc) is 2.53. The second kappa shape index (κ2) is 7.27. The highest BCUT2D eigenvalue weighted by atomic mass is 35.5. The van der Waals surface area contributed by atoms with Gasteiger partial charge in [0.05, 0.1) is 0 Å². The van der Waals surface area contributed by atoms with Gasteiger partial charge in [0.1, 0.15) is 5.69 Å². The Kier molecular flexibility index (Phi) is 5.35. The molecule has 7 nitrogen and oxygen atoms in total. The molecule has 0 aliphatic carbocycles. The molecular weight excluding hydrogens is 334 g/mol. The maximum atomic E-state index is 12.3. The molecule has 0 radical (unpaired) electrons. The van der Waals surface area contributed by atoms with Gasteiger partial charge in [-0.05, 0) is 53.6 Å². The fourth-order valence-corrected chi connectivity index (χ4v) is 2.15. The number of amides is 1. The molecule has 8 heteroatoms. The molecule has 2 aromatic rings. The molecule has 1 heterocycles. The van der Waals surface area contributed by atoms with Crippen molar-refractivity contribution in [1.82, 2.24) is 4.98 Å². The first-order valence-corrected chi connectivity index (χ1v) is 7.52. The first-order chi connectivity index (χ1) is 11.3. The maximum Gasteiger partial charge on any atom is 0.406 e. The Bertz CT molecular complexity index is 795. The van der Waals surface area contributed by atoms with Gasteiger partial charge in [0.15, 0.2) is 6.10 Å². The number of hydrogen-bond donors (Lipinski definition) is 1. The zero-order valence-corrected chi connectivity index (χ0v) is 14.1. The smallest absolute Gasteiger partial charge is 0.406 e. The number of carbonyl (C=O) groups excluding carboxylic acids is 1. The van der Waals surface area contributed by atoms with Crippen molar-refractivity contribution >= 4 is 29.0 Å². The van der Waals surface area contributed by atoms with Crippen LogP contribution in [0, 0.1) is 24.0 Å². The van der Waals surface area contributed by atoms with Crippen LogP contribution in [0.4, 0.5) is 11.5 Å². The van der Waals surface area contributed by atoms with Crippen LogP contribution in [0.15, 0.2) is 30.3 Å². The molecule has 2 rings (SSSR count). The molecule has 126 valence electrons. The standard InChI is InChI=1S/C16H16ClN3O4/c1-9-7-8-14(15(18-9)20(22)23)24-11(3)16(21)19-13-6-4-5-12(17)10(13)2/h4-8,11H,1-3H3,(H,19,21)/t11-/m1/s1. The number of nitro groups is 1. The summed E-state index contributed by atoms with van der Waals surface area (Å²) in [7, 11) is 0. The summed E-state index contributed by atoms with van der Waals surface area (Å²) < 4.78 is 5.42. The van der Waals surface area contributed by atoms with E-state index in [4.69, 9.17) is 16.3 Å². The van der Waals surface area contributed by atoms with Crippen molar-refractivity contribution in [3.8, 4) is 5.75 Å². The molecule has 0 fully saturated rings. The highest BCUT2D eigenvalue weighted by Crippen LogP contribution is 2.26. The predicted octanol–water partition coefficient (Wildman–Crippen LogP) is 3.67. The molecule has 0 spiro atoms. The number of pyridine rings is 1. The first-order valence-electron chi connectivity index (χ1n) is 7.14. The first kappa shape index (κ1) is 17.7. The van der Waals surface area contributed by atoms with Gasteiger partial charge in [-0.2, -0.15) is 0 Å². The number of benzene rings is 1. The topological polar surface area (TPSA) is 94.4 Å². The highest BCUT2D eigenvalue weighted by Gasteiger charge is 2.23. The van der Waals surface area contributed by atoms with E-state index in [0.717, 1.165) is 5.56 Å². The summed E-state index contributed by atoms with van der Waals surface area (Å²) in [6, 6.07) is 8.14. The van der Waals surface area contributed by atoms with Crippen LogP contribution in [0.25, 0.3) is 0 Å². The third kappa shape index (κ3) is 3.99. The zero-order chi connectivity index (χ0) is 17.9. The summed E-state index contributed by atoms with van der Waals surface area (Å²) >= 11 is 6.01. The van der Waals surface area contributed by atoms with E-state index in [-0.39, 0.29) is 5.75 Å². The van der Waals surface area contributed by atoms with Crippen LogP contribution in [0.1, 0.15) is 18.2 Å². The molecule has 0 bridgehead atoms. The molecule has 0 unspecified atom stereocenters. The number of ether oxygens (including phenoxy) is 1. The molecule has 1 aromatic heterocycles. The monoisotopic (exact) mass is 349 g/mol. The average molecular weight is 350 g/mol. The van der Waals surface area contributed by atoms with Gasteiger partial charge in [-0.1, -0.05) is 17.7 Å². The van der Waals surface area contributed by atoms with E-state index in [1.54, 1.807) is 38.1 Å². The van der Waals surface area contributed by atoms with E-state index < -0.39 is 22.8 Å². The minimum Gasteiger partial charge on any atom is -0.473 e. The number of carbonyl (C=O) groups is 1. The molecule has 1 amide bonds. The van der Waals surface area contributed by atoms with Crippen LogP contribution in [-0.4, -0.2) is 21.9 Å². The number of aromatic nitrogens is 1. The Labute approximate surface area is 143 Å². The lowest BCUT2D eigenvalue weighted by molar-refractivity contribution is -0.390. The molecule has 24 heavy (non-hydrogen) atoms. The van der Waals surface area contributed by atoms with E-state index in [2.05, 4.69) is 10.3 Å². The third-order valence-corrected chi connectivity index (χ3v) is 3.76. The van der Waals surface area contributed by atoms with Gasteiger partial charge in [-0.25, -0.2) is 0 Å². The molecule has 0 saturated heterocycles. The molecule has 1 N–H and O–H groups in total. The van der Waals surface area contributed by atoms with E-state index >= 15 is 0 Å². The summed E-state index contributed by atoms with van der Waals surface area (Å²) in [5.41, 5.74) is 1.77. The van der Waals surface area contributed by atoms with Crippen LogP contribution in [0.5, 0.6) is 5.75 Å². The summed E-state index contributed by atoms with van der Waals surface area (Å²) in [5, 5.41) is 14.3. The number of nitrogens with zero attached hydrogens (tertiary/aromatic N) is 2. The zero-order valence-electron chi connectivity index (χ0n) is 13.4. The van der Waals surface area contributed by atoms with Gasteiger partial charge in [0, 0.05) is 17.6 Å². The van der Waals surface area contributed by atoms with Crippen LogP contribution in [-0.2, 0) is 4.79 Å². The number of nitrogens with one attached hydrogen (secondary N) is 1. The molecule has 0 saturated carbocycles.